The quantitative estimate of drug-likeness (QED) is 0.851. The van der Waals surface area contributed by atoms with Gasteiger partial charge in [0.1, 0.15) is 5.75 Å². The van der Waals surface area contributed by atoms with Gasteiger partial charge in [0.2, 0.25) is 5.91 Å². The number of benzene rings is 1. The Kier molecular flexibility index (Phi) is 4.38. The Bertz CT molecular complexity index is 595. The van der Waals surface area contributed by atoms with Crippen LogP contribution in [0.5, 0.6) is 5.75 Å². The Morgan fingerprint density at radius 1 is 1.12 bits per heavy atom. The Balaban J connectivity index is 1.38. The van der Waals surface area contributed by atoms with Gasteiger partial charge in [-0.3, -0.25) is 4.79 Å². The minimum atomic E-state index is 0.325. The van der Waals surface area contributed by atoms with E-state index in [2.05, 4.69) is 21.9 Å². The highest BCUT2D eigenvalue weighted by molar-refractivity contribution is 5.80. The van der Waals surface area contributed by atoms with Crippen LogP contribution in [0.15, 0.2) is 24.3 Å². The molecule has 0 aromatic heterocycles. The van der Waals surface area contributed by atoms with Gasteiger partial charge >= 0.3 is 0 Å². The first-order chi connectivity index (χ1) is 11.8. The molecule has 0 spiro atoms. The molecule has 3 atom stereocenters. The minimum absolute atomic E-state index is 0.325. The van der Waals surface area contributed by atoms with E-state index < -0.39 is 0 Å². The minimum Gasteiger partial charge on any atom is -0.492 e. The molecule has 1 aromatic rings. The summed E-state index contributed by atoms with van der Waals surface area (Å²) in [5, 5.41) is 0. The number of rotatable bonds is 4. The van der Waals surface area contributed by atoms with E-state index in [-0.39, 0.29) is 0 Å². The zero-order valence-electron chi connectivity index (χ0n) is 14.6. The predicted molar refractivity (Wildman–Crippen MR) is 95.3 cm³/mol. The van der Waals surface area contributed by atoms with Crippen molar-refractivity contribution in [2.45, 2.75) is 32.6 Å². The summed E-state index contributed by atoms with van der Waals surface area (Å²) in [7, 11) is 0. The third-order valence-corrected chi connectivity index (χ3v) is 6.15. The van der Waals surface area contributed by atoms with Gasteiger partial charge < -0.3 is 14.5 Å². The van der Waals surface area contributed by atoms with Gasteiger partial charge in [-0.2, -0.15) is 0 Å². The van der Waals surface area contributed by atoms with Crippen LogP contribution in [0.2, 0.25) is 0 Å². The highest BCUT2D eigenvalue weighted by atomic mass is 16.5. The van der Waals surface area contributed by atoms with Crippen LogP contribution in [0.1, 0.15) is 32.6 Å². The van der Waals surface area contributed by atoms with Crippen LogP contribution in [0.25, 0.3) is 0 Å². The summed E-state index contributed by atoms with van der Waals surface area (Å²) >= 11 is 0. The fraction of sp³-hybridized carbons (Fsp3) is 0.650. The van der Waals surface area contributed by atoms with Crippen LogP contribution in [0.3, 0.4) is 0 Å². The van der Waals surface area contributed by atoms with Crippen molar-refractivity contribution in [1.82, 2.24) is 4.90 Å². The molecule has 3 fully saturated rings. The number of fused-ring (bicyclic) bond motifs is 2. The monoisotopic (exact) mass is 328 g/mol. The molecule has 2 saturated carbocycles. The maximum Gasteiger partial charge on any atom is 0.226 e. The number of para-hydroxylation sites is 2. The van der Waals surface area contributed by atoms with Gasteiger partial charge in [0.15, 0.2) is 0 Å². The molecule has 1 saturated heterocycles. The van der Waals surface area contributed by atoms with Gasteiger partial charge in [0.25, 0.3) is 0 Å². The van der Waals surface area contributed by atoms with Crippen molar-refractivity contribution in [3.8, 4) is 5.75 Å². The molecule has 4 nitrogen and oxygen atoms in total. The average Bonchev–Trinajstić information content (AvgIpc) is 3.25. The van der Waals surface area contributed by atoms with Crippen molar-refractivity contribution in [1.29, 1.82) is 0 Å². The Morgan fingerprint density at radius 3 is 2.58 bits per heavy atom. The first-order valence-electron chi connectivity index (χ1n) is 9.52. The van der Waals surface area contributed by atoms with Gasteiger partial charge in [-0.05, 0) is 50.2 Å². The molecule has 0 N–H and O–H groups in total. The lowest BCUT2D eigenvalue weighted by Gasteiger charge is -2.38. The number of amides is 1. The largest absolute Gasteiger partial charge is 0.492 e. The Morgan fingerprint density at radius 2 is 1.92 bits per heavy atom. The first-order valence-corrected chi connectivity index (χ1v) is 9.52. The summed E-state index contributed by atoms with van der Waals surface area (Å²) < 4.78 is 5.76. The summed E-state index contributed by atoms with van der Waals surface area (Å²) in [5.74, 6) is 3.22. The SMILES string of the molecule is CCOc1ccccc1N1CCN(C(=O)[C@H]2C[C@H]3CC[C@H]2C3)CC1. The summed E-state index contributed by atoms with van der Waals surface area (Å²) in [4.78, 5) is 17.4. The molecule has 1 amide bonds. The average molecular weight is 328 g/mol. The molecule has 4 rings (SSSR count). The maximum absolute atomic E-state index is 12.9. The van der Waals surface area contributed by atoms with E-state index in [1.54, 1.807) is 0 Å². The van der Waals surface area contributed by atoms with E-state index >= 15 is 0 Å². The van der Waals surface area contributed by atoms with Gasteiger partial charge in [0.05, 0.1) is 12.3 Å². The molecular weight excluding hydrogens is 300 g/mol. The second-order valence-electron chi connectivity index (χ2n) is 7.49. The number of hydrogen-bond donors (Lipinski definition) is 0. The van der Waals surface area contributed by atoms with Gasteiger partial charge in [0, 0.05) is 32.1 Å². The number of anilines is 1. The number of nitrogens with zero attached hydrogens (tertiary/aromatic N) is 2. The molecule has 1 aliphatic heterocycles. The molecule has 2 bridgehead atoms. The normalized spacial score (nSPS) is 29.1. The molecule has 1 heterocycles. The van der Waals surface area contributed by atoms with Crippen molar-refractivity contribution in [3.63, 3.8) is 0 Å². The maximum atomic E-state index is 12.9. The first kappa shape index (κ1) is 15.8. The van der Waals surface area contributed by atoms with Crippen molar-refractivity contribution < 1.29 is 9.53 Å². The van der Waals surface area contributed by atoms with E-state index in [0.29, 0.717) is 24.3 Å². The van der Waals surface area contributed by atoms with Crippen molar-refractivity contribution >= 4 is 11.6 Å². The summed E-state index contributed by atoms with van der Waals surface area (Å²) in [6.45, 7) is 6.18. The highest BCUT2D eigenvalue weighted by Crippen LogP contribution is 2.49. The van der Waals surface area contributed by atoms with E-state index in [1.165, 1.54) is 19.3 Å². The fourth-order valence-corrected chi connectivity index (χ4v) is 4.95. The molecule has 4 heteroatoms. The number of carbonyl (C=O) groups excluding carboxylic acids is 1. The molecule has 0 radical (unpaired) electrons. The lowest BCUT2D eigenvalue weighted by Crippen LogP contribution is -2.51. The zero-order valence-corrected chi connectivity index (χ0v) is 14.6. The third-order valence-electron chi connectivity index (χ3n) is 6.15. The topological polar surface area (TPSA) is 32.8 Å². The van der Waals surface area contributed by atoms with Gasteiger partial charge in [-0.25, -0.2) is 0 Å². The van der Waals surface area contributed by atoms with Crippen LogP contribution >= 0.6 is 0 Å². The van der Waals surface area contributed by atoms with E-state index in [1.807, 2.05) is 19.1 Å². The van der Waals surface area contributed by atoms with E-state index in [4.69, 9.17) is 4.74 Å². The molecular formula is C20H28N2O2. The van der Waals surface area contributed by atoms with Crippen LogP contribution < -0.4 is 9.64 Å². The lowest BCUT2D eigenvalue weighted by molar-refractivity contribution is -0.137. The van der Waals surface area contributed by atoms with Gasteiger partial charge in [-0.15, -0.1) is 0 Å². The molecule has 3 aliphatic rings. The van der Waals surface area contributed by atoms with E-state index in [0.717, 1.165) is 50.0 Å². The Hall–Kier alpha value is -1.71. The third kappa shape index (κ3) is 2.87. The van der Waals surface area contributed by atoms with Gasteiger partial charge in [-0.1, -0.05) is 18.6 Å². The number of ether oxygens (including phenoxy) is 1. The van der Waals surface area contributed by atoms with E-state index in [9.17, 15) is 4.79 Å². The van der Waals surface area contributed by atoms with Crippen LogP contribution in [-0.4, -0.2) is 43.6 Å². The van der Waals surface area contributed by atoms with Crippen molar-refractivity contribution in [2.24, 2.45) is 17.8 Å². The standard InChI is InChI=1S/C20H28N2O2/c1-2-24-19-6-4-3-5-18(19)21-9-11-22(12-10-21)20(23)17-14-15-7-8-16(17)13-15/h3-6,15-17H,2,7-14H2,1H3/t15-,16-,17-/m0/s1. The number of hydrogen-bond acceptors (Lipinski definition) is 3. The Labute approximate surface area is 144 Å². The molecule has 2 aliphatic carbocycles. The zero-order chi connectivity index (χ0) is 16.5. The van der Waals surface area contributed by atoms with Crippen LogP contribution in [0, 0.1) is 17.8 Å². The molecule has 1 aromatic carbocycles. The summed E-state index contributed by atoms with van der Waals surface area (Å²) in [5.41, 5.74) is 1.16. The fourth-order valence-electron chi connectivity index (χ4n) is 4.95. The summed E-state index contributed by atoms with van der Waals surface area (Å²) in [6, 6.07) is 8.23. The van der Waals surface area contributed by atoms with Crippen molar-refractivity contribution in [2.75, 3.05) is 37.7 Å². The number of carbonyl (C=O) groups is 1. The number of piperazine rings is 1. The van der Waals surface area contributed by atoms with Crippen LogP contribution in [0.4, 0.5) is 5.69 Å². The highest BCUT2D eigenvalue weighted by Gasteiger charge is 2.44. The second kappa shape index (κ2) is 6.66. The lowest BCUT2D eigenvalue weighted by atomic mass is 9.87. The van der Waals surface area contributed by atoms with Crippen LogP contribution in [-0.2, 0) is 4.79 Å². The summed E-state index contributed by atoms with van der Waals surface area (Å²) in [6.07, 6.45) is 5.09. The molecule has 24 heavy (non-hydrogen) atoms. The van der Waals surface area contributed by atoms with Crippen molar-refractivity contribution in [3.05, 3.63) is 24.3 Å². The molecule has 0 unspecified atom stereocenters. The molecule has 130 valence electrons. The second-order valence-corrected chi connectivity index (χ2v) is 7.49. The smallest absolute Gasteiger partial charge is 0.226 e. The predicted octanol–water partition coefficient (Wildman–Crippen LogP) is 3.17.